The second-order valence-electron chi connectivity index (χ2n) is 2.99. The van der Waals surface area contributed by atoms with Crippen molar-refractivity contribution in [3.8, 4) is 5.75 Å². The number of hydrogen-bond donors (Lipinski definition) is 0. The van der Waals surface area contributed by atoms with Crippen molar-refractivity contribution in [2.45, 2.75) is 13.1 Å². The SMILES string of the molecule is CCOCOc1c(Br)ccc(C(F)(F)F)c1F. The maximum absolute atomic E-state index is 13.5. The van der Waals surface area contributed by atoms with Crippen LogP contribution in [0.15, 0.2) is 16.6 Å². The van der Waals surface area contributed by atoms with Crippen LogP contribution < -0.4 is 4.74 Å². The first-order valence-corrected chi connectivity index (χ1v) is 5.43. The van der Waals surface area contributed by atoms with E-state index in [1.165, 1.54) is 0 Å². The van der Waals surface area contributed by atoms with Crippen LogP contribution in [0.2, 0.25) is 0 Å². The molecule has 0 spiro atoms. The van der Waals surface area contributed by atoms with E-state index in [9.17, 15) is 17.6 Å². The Labute approximate surface area is 104 Å². The van der Waals surface area contributed by atoms with Gasteiger partial charge in [-0.25, -0.2) is 4.39 Å². The molecule has 0 aliphatic heterocycles. The minimum Gasteiger partial charge on any atom is -0.463 e. The highest BCUT2D eigenvalue weighted by atomic mass is 79.9. The number of hydrogen-bond acceptors (Lipinski definition) is 2. The lowest BCUT2D eigenvalue weighted by molar-refractivity contribution is -0.140. The fourth-order valence-corrected chi connectivity index (χ4v) is 1.49. The van der Waals surface area contributed by atoms with Crippen LogP contribution in [0.4, 0.5) is 17.6 Å². The van der Waals surface area contributed by atoms with Gasteiger partial charge < -0.3 is 9.47 Å². The lowest BCUT2D eigenvalue weighted by atomic mass is 10.2. The average molecular weight is 317 g/mol. The number of halogens is 5. The van der Waals surface area contributed by atoms with Gasteiger partial charge in [-0.15, -0.1) is 0 Å². The van der Waals surface area contributed by atoms with Crippen molar-refractivity contribution in [2.75, 3.05) is 13.4 Å². The third-order valence-electron chi connectivity index (χ3n) is 1.85. The van der Waals surface area contributed by atoms with Crippen molar-refractivity contribution >= 4 is 15.9 Å². The Morgan fingerprint density at radius 1 is 1.29 bits per heavy atom. The van der Waals surface area contributed by atoms with Crippen LogP contribution in [-0.2, 0) is 10.9 Å². The Bertz CT molecular complexity index is 393. The van der Waals surface area contributed by atoms with Gasteiger partial charge in [-0.3, -0.25) is 0 Å². The first kappa shape index (κ1) is 14.2. The van der Waals surface area contributed by atoms with Crippen molar-refractivity contribution in [1.29, 1.82) is 0 Å². The normalized spacial score (nSPS) is 11.6. The van der Waals surface area contributed by atoms with Gasteiger partial charge in [0.2, 0.25) is 0 Å². The molecule has 96 valence electrons. The zero-order chi connectivity index (χ0) is 13.1. The minimum absolute atomic E-state index is 0.0997. The Kier molecular flexibility index (Phi) is 4.76. The molecule has 0 radical (unpaired) electrons. The lowest BCUT2D eigenvalue weighted by Crippen LogP contribution is -2.11. The monoisotopic (exact) mass is 316 g/mol. The van der Waals surface area contributed by atoms with E-state index in [-0.39, 0.29) is 11.3 Å². The third-order valence-corrected chi connectivity index (χ3v) is 2.47. The van der Waals surface area contributed by atoms with Gasteiger partial charge in [0.05, 0.1) is 10.0 Å². The van der Waals surface area contributed by atoms with Crippen molar-refractivity contribution in [3.05, 3.63) is 28.0 Å². The molecule has 0 unspecified atom stereocenters. The highest BCUT2D eigenvalue weighted by molar-refractivity contribution is 9.10. The zero-order valence-corrected chi connectivity index (χ0v) is 10.4. The predicted molar refractivity (Wildman–Crippen MR) is 56.2 cm³/mol. The molecule has 0 fully saturated rings. The predicted octanol–water partition coefficient (Wildman–Crippen LogP) is 3.98. The number of rotatable bonds is 4. The van der Waals surface area contributed by atoms with Gasteiger partial charge >= 0.3 is 6.18 Å². The Morgan fingerprint density at radius 3 is 2.47 bits per heavy atom. The number of ether oxygens (including phenoxy) is 2. The zero-order valence-electron chi connectivity index (χ0n) is 8.78. The summed E-state index contributed by atoms with van der Waals surface area (Å²) in [5.74, 6) is -1.96. The smallest absolute Gasteiger partial charge is 0.419 e. The first-order chi connectivity index (χ1) is 7.88. The quantitative estimate of drug-likeness (QED) is 0.475. The van der Waals surface area contributed by atoms with Gasteiger partial charge in [0.15, 0.2) is 18.4 Å². The molecule has 0 aliphatic rings. The van der Waals surface area contributed by atoms with Gasteiger partial charge in [0, 0.05) is 6.61 Å². The van der Waals surface area contributed by atoms with Crippen molar-refractivity contribution in [3.63, 3.8) is 0 Å². The van der Waals surface area contributed by atoms with E-state index in [2.05, 4.69) is 15.9 Å². The minimum atomic E-state index is -4.76. The summed E-state index contributed by atoms with van der Waals surface area (Å²) >= 11 is 2.91. The van der Waals surface area contributed by atoms with E-state index in [0.717, 1.165) is 6.07 Å². The van der Waals surface area contributed by atoms with Crippen LogP contribution in [0.5, 0.6) is 5.75 Å². The molecule has 0 saturated carbocycles. The Hall–Kier alpha value is -0.820. The second-order valence-corrected chi connectivity index (χ2v) is 3.85. The molecule has 0 aliphatic carbocycles. The summed E-state index contributed by atoms with van der Waals surface area (Å²) in [5.41, 5.74) is -1.37. The molecule has 1 aromatic carbocycles. The number of alkyl halides is 3. The molecule has 1 rings (SSSR count). The molecule has 17 heavy (non-hydrogen) atoms. The molecule has 0 atom stereocenters. The van der Waals surface area contributed by atoms with Crippen molar-refractivity contribution in [1.82, 2.24) is 0 Å². The molecule has 0 saturated heterocycles. The van der Waals surface area contributed by atoms with Gasteiger partial charge in [-0.1, -0.05) is 0 Å². The van der Waals surface area contributed by atoms with Gasteiger partial charge in [-0.2, -0.15) is 13.2 Å². The first-order valence-electron chi connectivity index (χ1n) is 4.63. The fraction of sp³-hybridized carbons (Fsp3) is 0.400. The summed E-state index contributed by atoms with van der Waals surface area (Å²) in [5, 5.41) is 0. The van der Waals surface area contributed by atoms with E-state index < -0.39 is 23.3 Å². The van der Waals surface area contributed by atoms with E-state index in [0.29, 0.717) is 12.7 Å². The largest absolute Gasteiger partial charge is 0.463 e. The van der Waals surface area contributed by atoms with E-state index in [1.54, 1.807) is 6.92 Å². The molecule has 2 nitrogen and oxygen atoms in total. The molecular weight excluding hydrogens is 308 g/mol. The molecule has 0 bridgehead atoms. The number of benzene rings is 1. The van der Waals surface area contributed by atoms with E-state index >= 15 is 0 Å². The highest BCUT2D eigenvalue weighted by Gasteiger charge is 2.36. The second kappa shape index (κ2) is 5.68. The van der Waals surface area contributed by atoms with Crippen LogP contribution in [0.1, 0.15) is 12.5 Å². The van der Waals surface area contributed by atoms with Crippen LogP contribution >= 0.6 is 15.9 Å². The summed E-state index contributed by atoms with van der Waals surface area (Å²) in [6.07, 6.45) is -4.76. The van der Waals surface area contributed by atoms with Gasteiger partial charge in [0.25, 0.3) is 0 Å². The molecule has 0 N–H and O–H groups in total. The standard InChI is InChI=1S/C10H9BrF4O2/c1-2-16-5-17-9-7(11)4-3-6(8(9)12)10(13,14)15/h3-4H,2,5H2,1H3. The third kappa shape index (κ3) is 3.57. The maximum Gasteiger partial charge on any atom is 0.419 e. The average Bonchev–Trinajstić information content (AvgIpc) is 2.21. The highest BCUT2D eigenvalue weighted by Crippen LogP contribution is 2.38. The summed E-state index contributed by atoms with van der Waals surface area (Å²) in [6.45, 7) is 1.69. The van der Waals surface area contributed by atoms with Crippen LogP contribution in [0.3, 0.4) is 0 Å². The van der Waals surface area contributed by atoms with Crippen molar-refractivity contribution in [2.24, 2.45) is 0 Å². The van der Waals surface area contributed by atoms with Crippen molar-refractivity contribution < 1.29 is 27.0 Å². The topological polar surface area (TPSA) is 18.5 Å². The molecule has 0 aromatic heterocycles. The van der Waals surface area contributed by atoms with E-state index in [1.807, 2.05) is 0 Å². The molecular formula is C10H9BrF4O2. The summed E-state index contributed by atoms with van der Waals surface area (Å²) < 4.78 is 60.4. The summed E-state index contributed by atoms with van der Waals surface area (Å²) in [6, 6.07) is 1.72. The Balaban J connectivity index is 3.03. The fourth-order valence-electron chi connectivity index (χ4n) is 1.07. The van der Waals surface area contributed by atoms with Crippen LogP contribution in [-0.4, -0.2) is 13.4 Å². The maximum atomic E-state index is 13.5. The lowest BCUT2D eigenvalue weighted by Gasteiger charge is -2.13. The van der Waals surface area contributed by atoms with Crippen LogP contribution in [0.25, 0.3) is 0 Å². The van der Waals surface area contributed by atoms with Gasteiger partial charge in [0.1, 0.15) is 0 Å². The molecule has 0 amide bonds. The Morgan fingerprint density at radius 2 is 1.94 bits per heavy atom. The molecule has 1 aromatic rings. The van der Waals surface area contributed by atoms with Crippen LogP contribution in [0, 0.1) is 5.82 Å². The van der Waals surface area contributed by atoms with E-state index in [4.69, 9.17) is 9.47 Å². The van der Waals surface area contributed by atoms with Gasteiger partial charge in [-0.05, 0) is 35.0 Å². The summed E-state index contributed by atoms with van der Waals surface area (Å²) in [7, 11) is 0. The molecule has 7 heteroatoms. The summed E-state index contributed by atoms with van der Waals surface area (Å²) in [4.78, 5) is 0. The molecule has 0 heterocycles.